The maximum atomic E-state index is 5.91. The predicted molar refractivity (Wildman–Crippen MR) is 111 cm³/mol. The molecule has 2 nitrogen and oxygen atoms in total. The first-order valence-corrected chi connectivity index (χ1v) is 10.8. The quantitative estimate of drug-likeness (QED) is 0.260. The van der Waals surface area contributed by atoms with Crippen molar-refractivity contribution in [2.24, 2.45) is 0 Å². The molecular formula is C22H31BrO2. The highest BCUT2D eigenvalue weighted by molar-refractivity contribution is 9.09. The zero-order valence-electron chi connectivity index (χ0n) is 15.4. The third-order valence-electron chi connectivity index (χ3n) is 4.35. The summed E-state index contributed by atoms with van der Waals surface area (Å²) in [6.45, 7) is 3.78. The normalized spacial score (nSPS) is 11.0. The molecule has 138 valence electrons. The van der Waals surface area contributed by atoms with E-state index in [1.54, 1.807) is 0 Å². The number of alkyl halides is 1. The van der Waals surface area contributed by atoms with E-state index in [2.05, 4.69) is 59.3 Å². The van der Waals surface area contributed by atoms with Gasteiger partial charge in [0.2, 0.25) is 0 Å². The number of halogens is 1. The lowest BCUT2D eigenvalue weighted by Crippen LogP contribution is -1.98. The molecule has 25 heavy (non-hydrogen) atoms. The number of hydrogen-bond donors (Lipinski definition) is 0. The molecule has 0 N–H and O–H groups in total. The molecule has 0 radical (unpaired) electrons. The van der Waals surface area contributed by atoms with Crippen LogP contribution in [0.25, 0.3) is 10.8 Å². The fraction of sp³-hybridized carbons (Fsp3) is 0.545. The highest BCUT2D eigenvalue weighted by Gasteiger charge is 2.01. The molecule has 0 aliphatic heterocycles. The molecular weight excluding hydrogens is 376 g/mol. The molecule has 2 aromatic rings. The van der Waals surface area contributed by atoms with E-state index >= 15 is 0 Å². The summed E-state index contributed by atoms with van der Waals surface area (Å²) in [5.41, 5.74) is 0. The minimum Gasteiger partial charge on any atom is -0.494 e. The fourth-order valence-corrected chi connectivity index (χ4v) is 3.21. The molecule has 0 amide bonds. The van der Waals surface area contributed by atoms with E-state index in [-0.39, 0.29) is 0 Å². The van der Waals surface area contributed by atoms with Crippen molar-refractivity contribution < 1.29 is 9.47 Å². The van der Waals surface area contributed by atoms with Crippen molar-refractivity contribution in [1.29, 1.82) is 0 Å². The van der Waals surface area contributed by atoms with Gasteiger partial charge in [-0.05, 0) is 54.3 Å². The lowest BCUT2D eigenvalue weighted by molar-refractivity contribution is 0.304. The number of benzene rings is 2. The molecule has 0 heterocycles. The summed E-state index contributed by atoms with van der Waals surface area (Å²) in [7, 11) is 0. The van der Waals surface area contributed by atoms with Crippen LogP contribution in [-0.4, -0.2) is 18.5 Å². The predicted octanol–water partition coefficient (Wildman–Crippen LogP) is 7.13. The molecule has 2 rings (SSSR count). The Morgan fingerprint density at radius 3 is 1.76 bits per heavy atom. The van der Waals surface area contributed by atoms with Crippen LogP contribution in [0.3, 0.4) is 0 Å². The van der Waals surface area contributed by atoms with Crippen LogP contribution in [-0.2, 0) is 0 Å². The zero-order valence-corrected chi connectivity index (χ0v) is 17.0. The van der Waals surface area contributed by atoms with Crippen molar-refractivity contribution in [1.82, 2.24) is 0 Å². The molecule has 0 saturated heterocycles. The van der Waals surface area contributed by atoms with E-state index in [1.807, 2.05) is 0 Å². The Balaban J connectivity index is 1.74. The Kier molecular flexibility index (Phi) is 9.79. The van der Waals surface area contributed by atoms with Gasteiger partial charge in [0.15, 0.2) is 0 Å². The number of unbranched alkanes of at least 4 members (excludes halogenated alkanes) is 6. The number of rotatable bonds is 13. The molecule has 0 unspecified atom stereocenters. The smallest absolute Gasteiger partial charge is 0.119 e. The van der Waals surface area contributed by atoms with Crippen LogP contribution < -0.4 is 9.47 Å². The molecule has 3 heteroatoms. The third kappa shape index (κ3) is 7.68. The summed E-state index contributed by atoms with van der Waals surface area (Å²) >= 11 is 3.48. The van der Waals surface area contributed by atoms with Crippen LogP contribution in [0.4, 0.5) is 0 Å². The van der Waals surface area contributed by atoms with Crippen molar-refractivity contribution in [3.8, 4) is 11.5 Å². The highest BCUT2D eigenvalue weighted by atomic mass is 79.9. The van der Waals surface area contributed by atoms with Gasteiger partial charge in [0.05, 0.1) is 13.2 Å². The van der Waals surface area contributed by atoms with Crippen LogP contribution in [0.5, 0.6) is 11.5 Å². The Bertz CT molecular complexity index is 612. The van der Waals surface area contributed by atoms with E-state index in [0.717, 1.165) is 49.3 Å². The molecule has 0 aliphatic rings. The first-order valence-electron chi connectivity index (χ1n) is 9.69. The number of ether oxygens (including phenoxy) is 2. The fourth-order valence-electron chi connectivity index (χ4n) is 2.81. The molecule has 0 fully saturated rings. The van der Waals surface area contributed by atoms with Gasteiger partial charge in [-0.1, -0.05) is 67.1 Å². The topological polar surface area (TPSA) is 18.5 Å². The minimum absolute atomic E-state index is 0.791. The van der Waals surface area contributed by atoms with Gasteiger partial charge in [-0.3, -0.25) is 0 Å². The van der Waals surface area contributed by atoms with E-state index in [4.69, 9.17) is 9.47 Å². The van der Waals surface area contributed by atoms with Crippen molar-refractivity contribution >= 4 is 26.7 Å². The summed E-state index contributed by atoms with van der Waals surface area (Å²) in [4.78, 5) is 0. The number of fused-ring (bicyclic) bond motifs is 1. The maximum Gasteiger partial charge on any atom is 0.119 e. The summed E-state index contributed by atoms with van der Waals surface area (Å²) in [6, 6.07) is 12.6. The average Bonchev–Trinajstić information content (AvgIpc) is 2.64. The van der Waals surface area contributed by atoms with Crippen molar-refractivity contribution in [2.75, 3.05) is 18.5 Å². The van der Waals surface area contributed by atoms with Crippen molar-refractivity contribution in [3.63, 3.8) is 0 Å². The Hall–Kier alpha value is -1.22. The number of hydrogen-bond acceptors (Lipinski definition) is 2. The van der Waals surface area contributed by atoms with Gasteiger partial charge in [-0.15, -0.1) is 0 Å². The van der Waals surface area contributed by atoms with Gasteiger partial charge >= 0.3 is 0 Å². The zero-order chi connectivity index (χ0) is 17.7. The highest BCUT2D eigenvalue weighted by Crippen LogP contribution is 2.25. The second-order valence-electron chi connectivity index (χ2n) is 6.53. The summed E-state index contributed by atoms with van der Waals surface area (Å²) in [6.07, 6.45) is 9.93. The van der Waals surface area contributed by atoms with Crippen LogP contribution in [0.15, 0.2) is 36.4 Å². The Labute approximate surface area is 161 Å². The Morgan fingerprint density at radius 2 is 1.20 bits per heavy atom. The lowest BCUT2D eigenvalue weighted by Gasteiger charge is -2.09. The molecule has 0 aromatic heterocycles. The monoisotopic (exact) mass is 406 g/mol. The second-order valence-corrected chi connectivity index (χ2v) is 7.32. The van der Waals surface area contributed by atoms with Gasteiger partial charge < -0.3 is 9.47 Å². The first kappa shape index (κ1) is 20.1. The standard InChI is InChI=1S/C22H31BrO2/c1-2-3-15-24-21-12-10-20-18-22(13-11-19(20)17-21)25-16-9-7-5-4-6-8-14-23/h10-13,17-18H,2-9,14-16H2,1H3. The average molecular weight is 407 g/mol. The van der Waals surface area contributed by atoms with Crippen LogP contribution >= 0.6 is 15.9 Å². The molecule has 0 bridgehead atoms. The summed E-state index contributed by atoms with van der Waals surface area (Å²) < 4.78 is 11.7. The first-order chi connectivity index (χ1) is 12.3. The van der Waals surface area contributed by atoms with Crippen molar-refractivity contribution in [3.05, 3.63) is 36.4 Å². The van der Waals surface area contributed by atoms with E-state index in [1.165, 1.54) is 42.9 Å². The van der Waals surface area contributed by atoms with Crippen molar-refractivity contribution in [2.45, 2.75) is 58.3 Å². The van der Waals surface area contributed by atoms with Gasteiger partial charge in [0.1, 0.15) is 11.5 Å². The van der Waals surface area contributed by atoms with Gasteiger partial charge in [0, 0.05) is 5.33 Å². The summed E-state index contributed by atoms with van der Waals surface area (Å²) in [5.74, 6) is 1.92. The SMILES string of the molecule is CCCCOc1ccc2cc(OCCCCCCCCBr)ccc2c1. The minimum atomic E-state index is 0.791. The van der Waals surface area contributed by atoms with Gasteiger partial charge in [-0.25, -0.2) is 0 Å². The van der Waals surface area contributed by atoms with Gasteiger partial charge in [-0.2, -0.15) is 0 Å². The Morgan fingerprint density at radius 1 is 0.680 bits per heavy atom. The van der Waals surface area contributed by atoms with Crippen LogP contribution in [0.1, 0.15) is 58.3 Å². The summed E-state index contributed by atoms with van der Waals surface area (Å²) in [5, 5.41) is 3.54. The van der Waals surface area contributed by atoms with Gasteiger partial charge in [0.25, 0.3) is 0 Å². The molecule has 0 saturated carbocycles. The molecule has 0 spiro atoms. The van der Waals surface area contributed by atoms with E-state index < -0.39 is 0 Å². The lowest BCUT2D eigenvalue weighted by atomic mass is 10.1. The molecule has 0 aliphatic carbocycles. The molecule has 2 aromatic carbocycles. The van der Waals surface area contributed by atoms with Crippen LogP contribution in [0.2, 0.25) is 0 Å². The molecule has 0 atom stereocenters. The van der Waals surface area contributed by atoms with E-state index in [9.17, 15) is 0 Å². The maximum absolute atomic E-state index is 5.91. The van der Waals surface area contributed by atoms with Crippen LogP contribution in [0, 0.1) is 0 Å². The van der Waals surface area contributed by atoms with E-state index in [0.29, 0.717) is 0 Å². The second kappa shape index (κ2) is 12.2. The largest absolute Gasteiger partial charge is 0.494 e. The third-order valence-corrected chi connectivity index (χ3v) is 4.91.